The highest BCUT2D eigenvalue weighted by Crippen LogP contribution is 2.29. The van der Waals surface area contributed by atoms with Crippen molar-refractivity contribution in [3.8, 4) is 11.5 Å². The minimum Gasteiger partial charge on any atom is -0.454 e. The summed E-state index contributed by atoms with van der Waals surface area (Å²) in [5.41, 5.74) is 0.703. The number of hydrogen-bond acceptors (Lipinski definition) is 1. The van der Waals surface area contributed by atoms with Crippen LogP contribution >= 0.6 is 15.9 Å². The van der Waals surface area contributed by atoms with Crippen LogP contribution in [0.3, 0.4) is 0 Å². The van der Waals surface area contributed by atoms with Crippen LogP contribution in [0.1, 0.15) is 5.56 Å². The van der Waals surface area contributed by atoms with Gasteiger partial charge in [0.05, 0.1) is 0 Å². The summed E-state index contributed by atoms with van der Waals surface area (Å²) in [6, 6.07) is 10.2. The average molecular weight is 299 g/mol. The first-order chi connectivity index (χ1) is 8.20. The topological polar surface area (TPSA) is 9.23 Å². The molecule has 0 saturated carbocycles. The van der Waals surface area contributed by atoms with Crippen LogP contribution in [-0.4, -0.2) is 0 Å². The molecule has 0 spiro atoms. The molecule has 0 saturated heterocycles. The first kappa shape index (κ1) is 12.0. The van der Waals surface area contributed by atoms with Gasteiger partial charge in [-0.15, -0.1) is 0 Å². The Balaban J connectivity index is 2.32. The highest BCUT2D eigenvalue weighted by molar-refractivity contribution is 9.08. The van der Waals surface area contributed by atoms with Gasteiger partial charge in [0, 0.05) is 10.9 Å². The quantitative estimate of drug-likeness (QED) is 0.749. The molecule has 1 nitrogen and oxygen atoms in total. The van der Waals surface area contributed by atoms with E-state index in [1.165, 1.54) is 30.3 Å². The van der Waals surface area contributed by atoms with Gasteiger partial charge in [-0.05, 0) is 30.3 Å². The molecule has 0 unspecified atom stereocenters. The molecule has 0 aliphatic rings. The van der Waals surface area contributed by atoms with Crippen molar-refractivity contribution in [2.45, 2.75) is 5.33 Å². The molecule has 2 aromatic rings. The van der Waals surface area contributed by atoms with Gasteiger partial charge in [0.25, 0.3) is 0 Å². The molecule has 0 aromatic heterocycles. The van der Waals surface area contributed by atoms with Crippen LogP contribution in [-0.2, 0) is 5.33 Å². The van der Waals surface area contributed by atoms with E-state index in [4.69, 9.17) is 4.74 Å². The van der Waals surface area contributed by atoms with Crippen LogP contribution in [0.25, 0.3) is 0 Å². The zero-order valence-corrected chi connectivity index (χ0v) is 10.4. The van der Waals surface area contributed by atoms with Crippen molar-refractivity contribution < 1.29 is 13.5 Å². The van der Waals surface area contributed by atoms with Gasteiger partial charge in [0.2, 0.25) is 0 Å². The number of halogens is 3. The summed E-state index contributed by atoms with van der Waals surface area (Å²) in [5, 5.41) is 0.487. The van der Waals surface area contributed by atoms with E-state index in [-0.39, 0.29) is 11.6 Å². The smallest absolute Gasteiger partial charge is 0.167 e. The largest absolute Gasteiger partial charge is 0.454 e. The SMILES string of the molecule is Fc1ccc(Oc2c(F)cccc2CBr)cc1. The molecule has 4 heteroatoms. The van der Waals surface area contributed by atoms with Crippen LogP contribution < -0.4 is 4.74 Å². The van der Waals surface area contributed by atoms with Crippen molar-refractivity contribution in [1.82, 2.24) is 0 Å². The highest BCUT2D eigenvalue weighted by Gasteiger charge is 2.09. The summed E-state index contributed by atoms with van der Waals surface area (Å²) >= 11 is 3.26. The normalized spacial score (nSPS) is 10.3. The van der Waals surface area contributed by atoms with E-state index in [1.807, 2.05) is 0 Å². The third kappa shape index (κ3) is 2.82. The fourth-order valence-corrected chi connectivity index (χ4v) is 1.84. The van der Waals surface area contributed by atoms with Gasteiger partial charge in [-0.2, -0.15) is 0 Å². The highest BCUT2D eigenvalue weighted by atomic mass is 79.9. The predicted octanol–water partition coefficient (Wildman–Crippen LogP) is 4.65. The Kier molecular flexibility index (Phi) is 3.74. The lowest BCUT2D eigenvalue weighted by Gasteiger charge is -2.10. The Labute approximate surface area is 106 Å². The molecular weight excluding hydrogens is 290 g/mol. The second-order valence-electron chi connectivity index (χ2n) is 3.42. The maximum Gasteiger partial charge on any atom is 0.167 e. The third-order valence-corrected chi connectivity index (χ3v) is 2.83. The first-order valence-electron chi connectivity index (χ1n) is 4.97. The van der Waals surface area contributed by atoms with E-state index in [0.29, 0.717) is 16.6 Å². The third-order valence-electron chi connectivity index (χ3n) is 2.23. The van der Waals surface area contributed by atoms with E-state index in [1.54, 1.807) is 12.1 Å². The lowest BCUT2D eigenvalue weighted by molar-refractivity contribution is 0.437. The molecule has 0 aliphatic heterocycles. The van der Waals surface area contributed by atoms with Gasteiger partial charge in [-0.25, -0.2) is 8.78 Å². The lowest BCUT2D eigenvalue weighted by atomic mass is 10.2. The van der Waals surface area contributed by atoms with E-state index in [2.05, 4.69) is 15.9 Å². The zero-order chi connectivity index (χ0) is 12.3. The van der Waals surface area contributed by atoms with Gasteiger partial charge in [-0.1, -0.05) is 28.1 Å². The maximum atomic E-state index is 13.6. The number of alkyl halides is 1. The van der Waals surface area contributed by atoms with Crippen molar-refractivity contribution in [3.05, 3.63) is 59.7 Å². The molecule has 0 bridgehead atoms. The molecule has 0 atom stereocenters. The van der Waals surface area contributed by atoms with E-state index >= 15 is 0 Å². The molecule has 0 fully saturated rings. The minimum absolute atomic E-state index is 0.163. The van der Waals surface area contributed by atoms with Gasteiger partial charge in [0.1, 0.15) is 11.6 Å². The number of ether oxygens (including phenoxy) is 1. The van der Waals surface area contributed by atoms with Gasteiger partial charge in [-0.3, -0.25) is 0 Å². The van der Waals surface area contributed by atoms with Gasteiger partial charge in [0.15, 0.2) is 11.6 Å². The lowest BCUT2D eigenvalue weighted by Crippen LogP contribution is -1.93. The number of benzene rings is 2. The van der Waals surface area contributed by atoms with Crippen LogP contribution in [0.5, 0.6) is 11.5 Å². The van der Waals surface area contributed by atoms with Crippen LogP contribution in [0, 0.1) is 11.6 Å². The van der Waals surface area contributed by atoms with E-state index < -0.39 is 5.82 Å². The first-order valence-corrected chi connectivity index (χ1v) is 6.09. The van der Waals surface area contributed by atoms with Gasteiger partial charge < -0.3 is 4.74 Å². The Morgan fingerprint density at radius 1 is 1.00 bits per heavy atom. The molecule has 2 aromatic carbocycles. The molecule has 88 valence electrons. The summed E-state index contributed by atoms with van der Waals surface area (Å²) in [7, 11) is 0. The molecular formula is C13H9BrF2O. The monoisotopic (exact) mass is 298 g/mol. The van der Waals surface area contributed by atoms with Crippen LogP contribution in [0.4, 0.5) is 8.78 Å². The molecule has 0 amide bonds. The zero-order valence-electron chi connectivity index (χ0n) is 8.79. The maximum absolute atomic E-state index is 13.6. The van der Waals surface area contributed by atoms with Crippen molar-refractivity contribution in [3.63, 3.8) is 0 Å². The molecule has 0 heterocycles. The fraction of sp³-hybridized carbons (Fsp3) is 0.0769. The van der Waals surface area contributed by atoms with E-state index in [0.717, 1.165) is 0 Å². The van der Waals surface area contributed by atoms with Gasteiger partial charge >= 0.3 is 0 Å². The average Bonchev–Trinajstić information content (AvgIpc) is 2.34. The predicted molar refractivity (Wildman–Crippen MR) is 65.5 cm³/mol. The number of para-hydroxylation sites is 1. The summed E-state index contributed by atoms with van der Waals surface area (Å²) in [6.45, 7) is 0. The second kappa shape index (κ2) is 5.27. The Morgan fingerprint density at radius 3 is 2.35 bits per heavy atom. The summed E-state index contributed by atoms with van der Waals surface area (Å²) in [5.74, 6) is -0.229. The van der Waals surface area contributed by atoms with Crippen molar-refractivity contribution in [2.24, 2.45) is 0 Å². The number of rotatable bonds is 3. The van der Waals surface area contributed by atoms with Crippen molar-refractivity contribution in [2.75, 3.05) is 0 Å². The Hall–Kier alpha value is -1.42. The van der Waals surface area contributed by atoms with Crippen LogP contribution in [0.15, 0.2) is 42.5 Å². The number of hydrogen-bond donors (Lipinski definition) is 0. The van der Waals surface area contributed by atoms with Crippen molar-refractivity contribution >= 4 is 15.9 Å². The molecule has 0 aliphatic carbocycles. The fourth-order valence-electron chi connectivity index (χ4n) is 1.39. The second-order valence-corrected chi connectivity index (χ2v) is 3.98. The van der Waals surface area contributed by atoms with Crippen LogP contribution in [0.2, 0.25) is 0 Å². The molecule has 2 rings (SSSR count). The van der Waals surface area contributed by atoms with Crippen molar-refractivity contribution in [1.29, 1.82) is 0 Å². The molecule has 0 radical (unpaired) electrons. The molecule has 0 N–H and O–H groups in total. The minimum atomic E-state index is -0.439. The molecule has 17 heavy (non-hydrogen) atoms. The van der Waals surface area contributed by atoms with E-state index in [9.17, 15) is 8.78 Å². The Bertz CT molecular complexity index is 511. The summed E-state index contributed by atoms with van der Waals surface area (Å²) < 4.78 is 31.7. The standard InChI is InChI=1S/C13H9BrF2O/c14-8-9-2-1-3-12(16)13(9)17-11-6-4-10(15)5-7-11/h1-7H,8H2. The summed E-state index contributed by atoms with van der Waals surface area (Å²) in [4.78, 5) is 0. The Morgan fingerprint density at radius 2 is 1.71 bits per heavy atom. The summed E-state index contributed by atoms with van der Waals surface area (Å²) in [6.07, 6.45) is 0.